The van der Waals surface area contributed by atoms with Gasteiger partial charge in [-0.1, -0.05) is 0 Å². The van der Waals surface area contributed by atoms with Crippen LogP contribution in [-0.2, 0) is 9.53 Å². The number of fused-ring (bicyclic) bond motifs is 1. The molecule has 3 aliphatic rings. The quantitative estimate of drug-likeness (QED) is 0.833. The smallest absolute Gasteiger partial charge is 0.237 e. The third kappa shape index (κ3) is 3.57. The van der Waals surface area contributed by atoms with Gasteiger partial charge in [-0.25, -0.2) is 4.39 Å². The van der Waals surface area contributed by atoms with Crippen LogP contribution in [0.4, 0.5) is 4.39 Å². The van der Waals surface area contributed by atoms with Gasteiger partial charge in [0.05, 0.1) is 25.3 Å². The molecule has 1 unspecified atom stereocenters. The van der Waals surface area contributed by atoms with Crippen molar-refractivity contribution in [2.75, 3.05) is 19.7 Å². The molecule has 1 saturated heterocycles. The summed E-state index contributed by atoms with van der Waals surface area (Å²) < 4.78 is 19.2. The first kappa shape index (κ1) is 17.6. The summed E-state index contributed by atoms with van der Waals surface area (Å²) in [6.07, 6.45) is 3.83. The Labute approximate surface area is 143 Å². The molecule has 0 aromatic carbocycles. The van der Waals surface area contributed by atoms with Crippen molar-refractivity contribution in [1.82, 2.24) is 10.2 Å². The number of ether oxygens (including phenoxy) is 1. The Balaban J connectivity index is 1.49. The van der Waals surface area contributed by atoms with Crippen molar-refractivity contribution in [2.24, 2.45) is 11.8 Å². The molecule has 5 nitrogen and oxygen atoms in total. The monoisotopic (exact) mass is 337 g/mol. The third-order valence-electron chi connectivity index (χ3n) is 6.01. The van der Waals surface area contributed by atoms with E-state index in [2.05, 4.69) is 12.2 Å². The van der Waals surface area contributed by atoms with E-state index in [1.807, 2.05) is 13.0 Å². The van der Waals surface area contributed by atoms with Crippen molar-refractivity contribution >= 4 is 5.91 Å². The van der Waals surface area contributed by atoms with Gasteiger partial charge in [-0.05, 0) is 51.4 Å². The molecular weight excluding hydrogens is 309 g/mol. The summed E-state index contributed by atoms with van der Waals surface area (Å²) in [5.41, 5.74) is -0.0425. The van der Waals surface area contributed by atoms with Crippen LogP contribution in [0.3, 0.4) is 0 Å². The molecule has 0 spiro atoms. The molecule has 0 radical (unpaired) electrons. The van der Waals surface area contributed by atoms with Gasteiger partial charge in [-0.15, -0.1) is 0 Å². The number of nitrogens with zero attached hydrogens (tertiary/aromatic N) is 2. The van der Waals surface area contributed by atoms with Crippen LogP contribution in [0.2, 0.25) is 0 Å². The van der Waals surface area contributed by atoms with E-state index in [1.165, 1.54) is 4.90 Å². The minimum absolute atomic E-state index is 0.0425. The predicted octanol–water partition coefficient (Wildman–Crippen LogP) is 2.02. The predicted molar refractivity (Wildman–Crippen MR) is 87.9 cm³/mol. The van der Waals surface area contributed by atoms with E-state index in [0.717, 1.165) is 32.3 Å². The maximum Gasteiger partial charge on any atom is 0.237 e. The van der Waals surface area contributed by atoms with E-state index >= 15 is 0 Å². The molecule has 1 N–H and O–H groups in total. The number of carbonyl (C=O) groups is 1. The van der Waals surface area contributed by atoms with Crippen LogP contribution in [0.25, 0.3) is 0 Å². The molecule has 24 heavy (non-hydrogen) atoms. The van der Waals surface area contributed by atoms with Crippen molar-refractivity contribution in [3.63, 3.8) is 0 Å². The topological polar surface area (TPSA) is 65.4 Å². The zero-order valence-electron chi connectivity index (χ0n) is 14.6. The van der Waals surface area contributed by atoms with Crippen LogP contribution >= 0.6 is 0 Å². The molecule has 0 bridgehead atoms. The molecule has 2 saturated carbocycles. The SMILES string of the molecule is CCO[C@H]1C[C@@H]2CC(C)(NCC(=O)N3C[C@@H](F)C[C@H]3C#N)C[C@@H]2C1. The number of hydrogen-bond donors (Lipinski definition) is 1. The summed E-state index contributed by atoms with van der Waals surface area (Å²) in [6.45, 7) is 5.24. The average Bonchev–Trinajstić information content (AvgIpc) is 3.16. The standard InChI is InChI=1S/C18H28FN3O2/c1-3-24-16-4-12-7-18(2,8-13(12)5-16)21-10-17(23)22-11-14(19)6-15(22)9-20/h12-16,21H,3-8,10-11H2,1-2H3/t12-,13+,14-,15-,16+,18?/m0/s1. The maximum absolute atomic E-state index is 13.5. The Bertz CT molecular complexity index is 507. The van der Waals surface area contributed by atoms with Gasteiger partial charge in [0.1, 0.15) is 12.2 Å². The lowest BCUT2D eigenvalue weighted by atomic mass is 9.95. The summed E-state index contributed by atoms with van der Waals surface area (Å²) in [5, 5.41) is 12.5. The van der Waals surface area contributed by atoms with Crippen molar-refractivity contribution in [3.8, 4) is 6.07 Å². The van der Waals surface area contributed by atoms with Crippen LogP contribution < -0.4 is 5.32 Å². The summed E-state index contributed by atoms with van der Waals surface area (Å²) in [4.78, 5) is 13.8. The van der Waals surface area contributed by atoms with Gasteiger partial charge in [0.2, 0.25) is 5.91 Å². The summed E-state index contributed by atoms with van der Waals surface area (Å²) in [7, 11) is 0. The molecule has 1 aliphatic heterocycles. The van der Waals surface area contributed by atoms with Crippen LogP contribution in [0, 0.1) is 23.2 Å². The zero-order valence-corrected chi connectivity index (χ0v) is 14.6. The minimum Gasteiger partial charge on any atom is -0.378 e. The second kappa shape index (κ2) is 6.97. The van der Waals surface area contributed by atoms with Crippen LogP contribution in [0.5, 0.6) is 0 Å². The molecule has 6 atom stereocenters. The highest BCUT2D eigenvalue weighted by atomic mass is 19.1. The van der Waals surface area contributed by atoms with E-state index in [-0.39, 0.29) is 31.0 Å². The van der Waals surface area contributed by atoms with Gasteiger partial charge >= 0.3 is 0 Å². The number of hydrogen-bond acceptors (Lipinski definition) is 4. The normalized spacial score (nSPS) is 41.4. The highest BCUT2D eigenvalue weighted by Gasteiger charge is 2.47. The average molecular weight is 337 g/mol. The van der Waals surface area contributed by atoms with E-state index in [1.54, 1.807) is 0 Å². The van der Waals surface area contributed by atoms with Crippen molar-refractivity contribution < 1.29 is 13.9 Å². The lowest BCUT2D eigenvalue weighted by molar-refractivity contribution is -0.130. The third-order valence-corrected chi connectivity index (χ3v) is 6.01. The molecule has 0 aromatic rings. The Morgan fingerprint density at radius 3 is 2.62 bits per heavy atom. The summed E-state index contributed by atoms with van der Waals surface area (Å²) >= 11 is 0. The number of alkyl halides is 1. The summed E-state index contributed by atoms with van der Waals surface area (Å²) in [6, 6.07) is 1.42. The largest absolute Gasteiger partial charge is 0.378 e. The minimum atomic E-state index is -1.07. The van der Waals surface area contributed by atoms with Gasteiger partial charge < -0.3 is 15.0 Å². The van der Waals surface area contributed by atoms with Gasteiger partial charge in [0.25, 0.3) is 0 Å². The molecule has 2 aliphatic carbocycles. The molecule has 1 heterocycles. The Kier molecular flexibility index (Phi) is 5.12. The first-order valence-electron chi connectivity index (χ1n) is 9.14. The van der Waals surface area contributed by atoms with Crippen molar-refractivity contribution in [2.45, 2.75) is 69.8 Å². The molecular formula is C18H28FN3O2. The molecule has 1 amide bonds. The number of halogens is 1. The van der Waals surface area contributed by atoms with Crippen LogP contribution in [0.15, 0.2) is 0 Å². The van der Waals surface area contributed by atoms with Crippen molar-refractivity contribution in [3.05, 3.63) is 0 Å². The lowest BCUT2D eigenvalue weighted by Gasteiger charge is -2.29. The van der Waals surface area contributed by atoms with Crippen molar-refractivity contribution in [1.29, 1.82) is 5.26 Å². The Hall–Kier alpha value is -1.19. The number of amides is 1. The summed E-state index contributed by atoms with van der Waals surface area (Å²) in [5.74, 6) is 1.18. The fourth-order valence-corrected chi connectivity index (χ4v) is 4.99. The fourth-order valence-electron chi connectivity index (χ4n) is 4.99. The Morgan fingerprint density at radius 1 is 1.38 bits per heavy atom. The molecule has 3 fully saturated rings. The Morgan fingerprint density at radius 2 is 2.04 bits per heavy atom. The van der Waals surface area contributed by atoms with Crippen LogP contribution in [0.1, 0.15) is 46.0 Å². The van der Waals surface area contributed by atoms with E-state index < -0.39 is 12.2 Å². The van der Waals surface area contributed by atoms with E-state index in [4.69, 9.17) is 10.00 Å². The van der Waals surface area contributed by atoms with E-state index in [0.29, 0.717) is 17.9 Å². The molecule has 0 aromatic heterocycles. The second-order valence-corrected chi connectivity index (χ2v) is 7.92. The second-order valence-electron chi connectivity index (χ2n) is 7.92. The highest BCUT2D eigenvalue weighted by Crippen LogP contribution is 2.49. The molecule has 6 heteroatoms. The highest BCUT2D eigenvalue weighted by molar-refractivity contribution is 5.79. The first-order chi connectivity index (χ1) is 11.4. The number of carbonyl (C=O) groups excluding carboxylic acids is 1. The molecule has 3 rings (SSSR count). The fraction of sp³-hybridized carbons (Fsp3) is 0.889. The lowest BCUT2D eigenvalue weighted by Crippen LogP contribution is -2.48. The van der Waals surface area contributed by atoms with Gasteiger partial charge in [0, 0.05) is 18.6 Å². The number of likely N-dealkylation sites (tertiary alicyclic amines) is 1. The number of nitriles is 1. The zero-order chi connectivity index (χ0) is 17.3. The van der Waals surface area contributed by atoms with Gasteiger partial charge in [0.15, 0.2) is 0 Å². The van der Waals surface area contributed by atoms with Gasteiger partial charge in [-0.3, -0.25) is 4.79 Å². The molecule has 134 valence electrons. The first-order valence-corrected chi connectivity index (χ1v) is 9.14. The van der Waals surface area contributed by atoms with Crippen LogP contribution in [-0.4, -0.2) is 54.4 Å². The van der Waals surface area contributed by atoms with Gasteiger partial charge in [-0.2, -0.15) is 5.26 Å². The number of nitrogens with one attached hydrogen (secondary N) is 1. The number of rotatable bonds is 5. The maximum atomic E-state index is 13.5. The van der Waals surface area contributed by atoms with E-state index in [9.17, 15) is 9.18 Å².